The molecule has 3 aromatic carbocycles. The van der Waals surface area contributed by atoms with Crippen LogP contribution in [0.2, 0.25) is 0 Å². The molecule has 0 aliphatic carbocycles. The van der Waals surface area contributed by atoms with Gasteiger partial charge >= 0.3 is 0 Å². The van der Waals surface area contributed by atoms with Crippen LogP contribution >= 0.6 is 11.8 Å². The average molecular weight is 359 g/mol. The van der Waals surface area contributed by atoms with Gasteiger partial charge in [-0.05, 0) is 49.7 Å². The van der Waals surface area contributed by atoms with Gasteiger partial charge in [0.15, 0.2) is 0 Å². The van der Waals surface area contributed by atoms with Crippen LogP contribution in [0, 0.1) is 6.92 Å². The molecule has 3 aromatic rings. The molecule has 0 atom stereocenters. The number of hydrogen-bond donors (Lipinski definition) is 0. The Labute approximate surface area is 159 Å². The van der Waals surface area contributed by atoms with E-state index in [1.54, 1.807) is 18.0 Å². The number of rotatable bonds is 5. The summed E-state index contributed by atoms with van der Waals surface area (Å²) in [6, 6.07) is 28.1. The molecule has 0 saturated carbocycles. The van der Waals surface area contributed by atoms with Crippen molar-refractivity contribution < 1.29 is 4.74 Å². The minimum absolute atomic E-state index is 0.812. The Balaban J connectivity index is 1.89. The standard InChI is InChI=1S/C23H21NOS/c1-18-11-9-10-16-22(18)26-23(24-20-12-5-3-6-13-20)19(2)17-25-21-14-7-4-8-15-21/h3-17H,1-2H3/b19-17+,24-23-. The third-order valence-electron chi connectivity index (χ3n) is 3.74. The Bertz CT molecular complexity index is 902. The zero-order valence-corrected chi connectivity index (χ0v) is 15.7. The second-order valence-corrected chi connectivity index (χ2v) is 6.88. The number of aliphatic imine (C=N–C) groups is 1. The predicted molar refractivity (Wildman–Crippen MR) is 111 cm³/mol. The van der Waals surface area contributed by atoms with Gasteiger partial charge in [-0.3, -0.25) is 0 Å². The third kappa shape index (κ3) is 5.11. The zero-order valence-electron chi connectivity index (χ0n) is 14.9. The van der Waals surface area contributed by atoms with Gasteiger partial charge in [0, 0.05) is 10.5 Å². The van der Waals surface area contributed by atoms with Crippen molar-refractivity contribution in [1.82, 2.24) is 0 Å². The molecular weight excluding hydrogens is 338 g/mol. The topological polar surface area (TPSA) is 21.6 Å². The molecule has 26 heavy (non-hydrogen) atoms. The fraction of sp³-hybridized carbons (Fsp3) is 0.0870. The summed E-state index contributed by atoms with van der Waals surface area (Å²) < 4.78 is 5.80. The van der Waals surface area contributed by atoms with Crippen LogP contribution in [0.15, 0.2) is 107 Å². The first-order valence-corrected chi connectivity index (χ1v) is 9.30. The number of ether oxygens (including phenoxy) is 1. The van der Waals surface area contributed by atoms with Gasteiger partial charge < -0.3 is 4.74 Å². The molecular formula is C23H21NOS. The van der Waals surface area contributed by atoms with E-state index in [0.29, 0.717) is 0 Å². The number of benzene rings is 3. The SMILES string of the molecule is CC(=C\Oc1ccccc1)/C(=N/c1ccccc1)Sc1ccccc1C. The summed E-state index contributed by atoms with van der Waals surface area (Å²) in [5.74, 6) is 0.812. The average Bonchev–Trinajstić information content (AvgIpc) is 2.69. The Morgan fingerprint density at radius 1 is 0.846 bits per heavy atom. The molecule has 0 aliphatic heterocycles. The molecule has 0 amide bonds. The molecule has 0 aromatic heterocycles. The van der Waals surface area contributed by atoms with E-state index in [1.807, 2.05) is 67.6 Å². The first kappa shape index (κ1) is 18.0. The lowest BCUT2D eigenvalue weighted by atomic mass is 10.2. The summed E-state index contributed by atoms with van der Waals surface area (Å²) in [4.78, 5) is 6.03. The number of thioether (sulfide) groups is 1. The number of para-hydroxylation sites is 2. The van der Waals surface area contributed by atoms with Crippen molar-refractivity contribution in [3.8, 4) is 5.75 Å². The lowest BCUT2D eigenvalue weighted by Crippen LogP contribution is -1.98. The molecule has 2 nitrogen and oxygen atoms in total. The maximum absolute atomic E-state index is 5.80. The smallest absolute Gasteiger partial charge is 0.126 e. The maximum atomic E-state index is 5.80. The molecule has 0 saturated heterocycles. The highest BCUT2D eigenvalue weighted by Gasteiger charge is 2.09. The number of aryl methyl sites for hydroxylation is 1. The lowest BCUT2D eigenvalue weighted by Gasteiger charge is -2.10. The molecule has 0 heterocycles. The minimum atomic E-state index is 0.812. The normalized spacial score (nSPS) is 12.1. The first-order chi connectivity index (χ1) is 12.7. The zero-order chi connectivity index (χ0) is 18.2. The fourth-order valence-electron chi connectivity index (χ4n) is 2.29. The van der Waals surface area contributed by atoms with Crippen LogP contribution in [0.4, 0.5) is 5.69 Å². The highest BCUT2D eigenvalue weighted by Crippen LogP contribution is 2.29. The largest absolute Gasteiger partial charge is 0.465 e. The molecule has 0 spiro atoms. The summed E-state index contributed by atoms with van der Waals surface area (Å²) >= 11 is 1.66. The maximum Gasteiger partial charge on any atom is 0.126 e. The molecule has 0 aliphatic rings. The summed E-state index contributed by atoms with van der Waals surface area (Å²) in [5.41, 5.74) is 3.14. The number of nitrogens with zero attached hydrogens (tertiary/aromatic N) is 1. The van der Waals surface area contributed by atoms with E-state index in [4.69, 9.17) is 9.73 Å². The van der Waals surface area contributed by atoms with Crippen LogP contribution in [0.5, 0.6) is 5.75 Å². The van der Waals surface area contributed by atoms with Crippen molar-refractivity contribution in [3.63, 3.8) is 0 Å². The highest BCUT2D eigenvalue weighted by molar-refractivity contribution is 8.14. The van der Waals surface area contributed by atoms with Crippen LogP contribution in [-0.4, -0.2) is 5.04 Å². The van der Waals surface area contributed by atoms with Gasteiger partial charge in [-0.25, -0.2) is 4.99 Å². The Hall–Kier alpha value is -2.78. The van der Waals surface area contributed by atoms with Gasteiger partial charge in [-0.15, -0.1) is 0 Å². The van der Waals surface area contributed by atoms with E-state index in [1.165, 1.54) is 10.5 Å². The van der Waals surface area contributed by atoms with E-state index in [0.717, 1.165) is 22.1 Å². The van der Waals surface area contributed by atoms with E-state index in [-0.39, 0.29) is 0 Å². The molecule has 130 valence electrons. The molecule has 0 fully saturated rings. The van der Waals surface area contributed by atoms with Crippen molar-refractivity contribution in [3.05, 3.63) is 102 Å². The first-order valence-electron chi connectivity index (χ1n) is 8.48. The molecule has 0 N–H and O–H groups in total. The molecule has 3 heteroatoms. The van der Waals surface area contributed by atoms with Gasteiger partial charge in [-0.2, -0.15) is 0 Å². The van der Waals surface area contributed by atoms with E-state index in [9.17, 15) is 0 Å². The van der Waals surface area contributed by atoms with Gasteiger partial charge in [0.2, 0.25) is 0 Å². The van der Waals surface area contributed by atoms with Crippen LogP contribution in [0.1, 0.15) is 12.5 Å². The third-order valence-corrected chi connectivity index (χ3v) is 5.02. The second kappa shape index (κ2) is 9.07. The quantitative estimate of drug-likeness (QED) is 0.216. The van der Waals surface area contributed by atoms with Crippen molar-refractivity contribution >= 4 is 22.5 Å². The molecule has 0 unspecified atom stereocenters. The Kier molecular flexibility index (Phi) is 6.29. The molecule has 0 bridgehead atoms. The summed E-state index contributed by atoms with van der Waals surface area (Å²) in [6.07, 6.45) is 1.77. The highest BCUT2D eigenvalue weighted by atomic mass is 32.2. The second-order valence-electron chi connectivity index (χ2n) is 5.85. The predicted octanol–water partition coefficient (Wildman–Crippen LogP) is 6.80. The molecule has 3 rings (SSSR count). The van der Waals surface area contributed by atoms with Gasteiger partial charge in [-0.1, -0.05) is 66.4 Å². The minimum Gasteiger partial charge on any atom is -0.465 e. The van der Waals surface area contributed by atoms with Gasteiger partial charge in [0.25, 0.3) is 0 Å². The fourth-order valence-corrected chi connectivity index (χ4v) is 3.24. The monoisotopic (exact) mass is 359 g/mol. The molecule has 0 radical (unpaired) electrons. The van der Waals surface area contributed by atoms with Gasteiger partial charge in [0.05, 0.1) is 11.9 Å². The summed E-state index contributed by atoms with van der Waals surface area (Å²) in [5, 5.41) is 0.918. The van der Waals surface area contributed by atoms with Crippen LogP contribution < -0.4 is 4.74 Å². The van der Waals surface area contributed by atoms with Crippen molar-refractivity contribution in [2.24, 2.45) is 4.99 Å². The van der Waals surface area contributed by atoms with Crippen LogP contribution in [0.25, 0.3) is 0 Å². The summed E-state index contributed by atoms with van der Waals surface area (Å²) in [6.45, 7) is 4.14. The van der Waals surface area contributed by atoms with Crippen molar-refractivity contribution in [1.29, 1.82) is 0 Å². The van der Waals surface area contributed by atoms with E-state index >= 15 is 0 Å². The van der Waals surface area contributed by atoms with E-state index < -0.39 is 0 Å². The Morgan fingerprint density at radius 3 is 2.15 bits per heavy atom. The van der Waals surface area contributed by atoms with Crippen LogP contribution in [-0.2, 0) is 0 Å². The Morgan fingerprint density at radius 2 is 1.46 bits per heavy atom. The van der Waals surface area contributed by atoms with Crippen LogP contribution in [0.3, 0.4) is 0 Å². The van der Waals surface area contributed by atoms with Gasteiger partial charge in [0.1, 0.15) is 10.8 Å². The lowest BCUT2D eigenvalue weighted by molar-refractivity contribution is 0.478. The summed E-state index contributed by atoms with van der Waals surface area (Å²) in [7, 11) is 0. The number of hydrogen-bond acceptors (Lipinski definition) is 3. The van der Waals surface area contributed by atoms with Crippen molar-refractivity contribution in [2.75, 3.05) is 0 Å². The van der Waals surface area contributed by atoms with Crippen molar-refractivity contribution in [2.45, 2.75) is 18.7 Å². The van der Waals surface area contributed by atoms with E-state index in [2.05, 4.69) is 31.2 Å².